The van der Waals surface area contributed by atoms with E-state index < -0.39 is 0 Å². The van der Waals surface area contributed by atoms with Gasteiger partial charge in [0.05, 0.1) is 5.92 Å². The molecule has 1 unspecified atom stereocenters. The van der Waals surface area contributed by atoms with Crippen molar-refractivity contribution in [2.24, 2.45) is 13.0 Å². The molecule has 0 aliphatic heterocycles. The molecule has 0 aromatic carbocycles. The zero-order valence-electron chi connectivity index (χ0n) is 10.3. The van der Waals surface area contributed by atoms with Crippen LogP contribution in [0.3, 0.4) is 0 Å². The first kappa shape index (κ1) is 12.7. The number of hydrogen-bond acceptors (Lipinski definition) is 3. The molecule has 0 radical (unpaired) electrons. The van der Waals surface area contributed by atoms with Gasteiger partial charge in [-0.15, -0.1) is 0 Å². The highest BCUT2D eigenvalue weighted by Gasteiger charge is 2.19. The van der Waals surface area contributed by atoms with Crippen molar-refractivity contribution in [3.63, 3.8) is 0 Å². The molecule has 0 aliphatic rings. The van der Waals surface area contributed by atoms with Crippen molar-refractivity contribution in [2.75, 3.05) is 0 Å². The number of imidazole rings is 1. The normalized spacial score (nSPS) is 12.4. The second kappa shape index (κ2) is 6.30. The van der Waals surface area contributed by atoms with Crippen LogP contribution in [-0.2, 0) is 11.8 Å². The van der Waals surface area contributed by atoms with Crippen LogP contribution < -0.4 is 4.74 Å². The fraction of sp³-hybridized carbons (Fsp3) is 0.667. The fourth-order valence-electron chi connectivity index (χ4n) is 1.56. The summed E-state index contributed by atoms with van der Waals surface area (Å²) >= 11 is 0. The van der Waals surface area contributed by atoms with Crippen LogP contribution in [0.1, 0.15) is 39.5 Å². The number of hydrogen-bond donors (Lipinski definition) is 0. The molecule has 4 nitrogen and oxygen atoms in total. The molecule has 0 bridgehead atoms. The zero-order chi connectivity index (χ0) is 12.0. The number of esters is 1. The molecule has 1 heterocycles. The topological polar surface area (TPSA) is 44.1 Å². The Kier molecular flexibility index (Phi) is 5.02. The van der Waals surface area contributed by atoms with Gasteiger partial charge in [0.25, 0.3) is 0 Å². The van der Waals surface area contributed by atoms with Gasteiger partial charge < -0.3 is 9.30 Å². The smallest absolute Gasteiger partial charge is 0.316 e. The summed E-state index contributed by atoms with van der Waals surface area (Å²) in [6.07, 6.45) is 7.27. The van der Waals surface area contributed by atoms with E-state index in [9.17, 15) is 4.79 Å². The van der Waals surface area contributed by atoms with E-state index in [1.807, 2.05) is 14.0 Å². The Morgan fingerprint density at radius 3 is 2.81 bits per heavy atom. The summed E-state index contributed by atoms with van der Waals surface area (Å²) in [5.74, 6) is -0.165. The standard InChI is InChI=1S/C12H20N2O2/c1-4-6-7-10(5-2)11(15)16-12-13-8-9-14(12)3/h8-10H,4-7H2,1-3H3. The Balaban J connectivity index is 2.52. The summed E-state index contributed by atoms with van der Waals surface area (Å²) in [5, 5.41) is 0. The Morgan fingerprint density at radius 1 is 1.56 bits per heavy atom. The third-order valence-corrected chi connectivity index (χ3v) is 2.70. The third-order valence-electron chi connectivity index (χ3n) is 2.70. The molecular formula is C12H20N2O2. The van der Waals surface area contributed by atoms with E-state index >= 15 is 0 Å². The molecule has 16 heavy (non-hydrogen) atoms. The first-order valence-electron chi connectivity index (χ1n) is 5.88. The number of nitrogens with zero attached hydrogens (tertiary/aromatic N) is 2. The Morgan fingerprint density at radius 2 is 2.31 bits per heavy atom. The van der Waals surface area contributed by atoms with E-state index in [1.165, 1.54) is 0 Å². The van der Waals surface area contributed by atoms with Crippen LogP contribution >= 0.6 is 0 Å². The number of aryl methyl sites for hydroxylation is 1. The fourth-order valence-corrected chi connectivity index (χ4v) is 1.56. The molecule has 0 saturated carbocycles. The van der Waals surface area contributed by atoms with Crippen molar-refractivity contribution >= 4 is 5.97 Å². The van der Waals surface area contributed by atoms with Crippen molar-refractivity contribution in [3.05, 3.63) is 12.4 Å². The largest absolute Gasteiger partial charge is 0.392 e. The van der Waals surface area contributed by atoms with Crippen LogP contribution in [0.5, 0.6) is 6.01 Å². The predicted octanol–water partition coefficient (Wildman–Crippen LogP) is 2.54. The van der Waals surface area contributed by atoms with Gasteiger partial charge in [0.15, 0.2) is 0 Å². The first-order chi connectivity index (χ1) is 7.69. The van der Waals surface area contributed by atoms with E-state index in [2.05, 4.69) is 11.9 Å². The number of carbonyl (C=O) groups excluding carboxylic acids is 1. The highest BCUT2D eigenvalue weighted by molar-refractivity contribution is 5.74. The highest BCUT2D eigenvalue weighted by atomic mass is 16.6. The second-order valence-corrected chi connectivity index (χ2v) is 3.99. The highest BCUT2D eigenvalue weighted by Crippen LogP contribution is 2.16. The quantitative estimate of drug-likeness (QED) is 0.697. The van der Waals surface area contributed by atoms with E-state index in [-0.39, 0.29) is 11.9 Å². The summed E-state index contributed by atoms with van der Waals surface area (Å²) in [5.41, 5.74) is 0. The molecule has 90 valence electrons. The van der Waals surface area contributed by atoms with Crippen LogP contribution in [-0.4, -0.2) is 15.5 Å². The molecule has 0 saturated heterocycles. The number of unbranched alkanes of at least 4 members (excludes halogenated alkanes) is 1. The Hall–Kier alpha value is -1.32. The van der Waals surface area contributed by atoms with Crippen molar-refractivity contribution in [2.45, 2.75) is 39.5 Å². The summed E-state index contributed by atoms with van der Waals surface area (Å²) in [6.45, 7) is 4.14. The molecule has 4 heteroatoms. The number of aromatic nitrogens is 2. The maximum atomic E-state index is 11.8. The third kappa shape index (κ3) is 3.36. The minimum atomic E-state index is -0.162. The molecule has 0 aliphatic carbocycles. The van der Waals surface area contributed by atoms with Crippen molar-refractivity contribution in [1.82, 2.24) is 9.55 Å². The van der Waals surface area contributed by atoms with Gasteiger partial charge in [-0.3, -0.25) is 4.79 Å². The second-order valence-electron chi connectivity index (χ2n) is 3.99. The lowest BCUT2D eigenvalue weighted by Crippen LogP contribution is -2.21. The van der Waals surface area contributed by atoms with Gasteiger partial charge in [-0.25, -0.2) is 4.98 Å². The van der Waals surface area contributed by atoms with E-state index in [0.29, 0.717) is 6.01 Å². The lowest BCUT2D eigenvalue weighted by molar-refractivity contribution is -0.140. The summed E-state index contributed by atoms with van der Waals surface area (Å²) in [4.78, 5) is 15.8. The minimum Gasteiger partial charge on any atom is -0.392 e. The van der Waals surface area contributed by atoms with E-state index in [1.54, 1.807) is 17.0 Å². The summed E-state index contributed by atoms with van der Waals surface area (Å²) < 4.78 is 6.95. The molecule has 0 fully saturated rings. The molecule has 1 aromatic rings. The predicted molar refractivity (Wildman–Crippen MR) is 62.1 cm³/mol. The minimum absolute atomic E-state index is 0.00310. The Labute approximate surface area is 96.6 Å². The number of rotatable bonds is 6. The number of ether oxygens (including phenoxy) is 1. The van der Waals surface area contributed by atoms with Gasteiger partial charge in [0.2, 0.25) is 0 Å². The van der Waals surface area contributed by atoms with Crippen LogP contribution in [0, 0.1) is 5.92 Å². The van der Waals surface area contributed by atoms with Crippen LogP contribution in [0.15, 0.2) is 12.4 Å². The van der Waals surface area contributed by atoms with Crippen LogP contribution in [0.2, 0.25) is 0 Å². The average Bonchev–Trinajstić information content (AvgIpc) is 2.65. The van der Waals surface area contributed by atoms with E-state index in [0.717, 1.165) is 25.7 Å². The van der Waals surface area contributed by atoms with Gasteiger partial charge in [0.1, 0.15) is 0 Å². The van der Waals surface area contributed by atoms with Gasteiger partial charge in [0, 0.05) is 19.4 Å². The summed E-state index contributed by atoms with van der Waals surface area (Å²) in [6, 6.07) is 0.375. The molecule has 0 N–H and O–H groups in total. The Bertz CT molecular complexity index is 334. The summed E-state index contributed by atoms with van der Waals surface area (Å²) in [7, 11) is 1.81. The van der Waals surface area contributed by atoms with Crippen LogP contribution in [0.25, 0.3) is 0 Å². The average molecular weight is 224 g/mol. The van der Waals surface area contributed by atoms with E-state index in [4.69, 9.17) is 4.74 Å². The molecule has 0 spiro atoms. The van der Waals surface area contributed by atoms with Crippen LogP contribution in [0.4, 0.5) is 0 Å². The molecule has 1 rings (SSSR count). The molecule has 1 aromatic heterocycles. The molecule has 1 atom stereocenters. The van der Waals surface area contributed by atoms with Gasteiger partial charge >= 0.3 is 12.0 Å². The zero-order valence-corrected chi connectivity index (χ0v) is 10.3. The maximum absolute atomic E-state index is 11.8. The lowest BCUT2D eigenvalue weighted by Gasteiger charge is -2.12. The van der Waals surface area contributed by atoms with Crippen molar-refractivity contribution in [1.29, 1.82) is 0 Å². The monoisotopic (exact) mass is 224 g/mol. The van der Waals surface area contributed by atoms with Crippen molar-refractivity contribution in [3.8, 4) is 6.01 Å². The lowest BCUT2D eigenvalue weighted by atomic mass is 10.00. The van der Waals surface area contributed by atoms with Gasteiger partial charge in [-0.2, -0.15) is 0 Å². The molecule has 0 amide bonds. The van der Waals surface area contributed by atoms with Gasteiger partial charge in [-0.05, 0) is 12.8 Å². The van der Waals surface area contributed by atoms with Gasteiger partial charge in [-0.1, -0.05) is 26.7 Å². The maximum Gasteiger partial charge on any atom is 0.316 e. The SMILES string of the molecule is CCCCC(CC)C(=O)Oc1nccn1C. The molecular weight excluding hydrogens is 204 g/mol. The van der Waals surface area contributed by atoms with Crippen molar-refractivity contribution < 1.29 is 9.53 Å². The first-order valence-corrected chi connectivity index (χ1v) is 5.88. The number of carbonyl (C=O) groups is 1.